The highest BCUT2D eigenvalue weighted by Crippen LogP contribution is 2.33. The van der Waals surface area contributed by atoms with Gasteiger partial charge in [0.25, 0.3) is 11.6 Å². The van der Waals surface area contributed by atoms with E-state index >= 15 is 0 Å². The molecule has 0 aliphatic heterocycles. The molecule has 0 aliphatic carbocycles. The van der Waals surface area contributed by atoms with E-state index in [1.807, 2.05) is 0 Å². The highest BCUT2D eigenvalue weighted by atomic mass is 35.5. The highest BCUT2D eigenvalue weighted by molar-refractivity contribution is 6.30. The summed E-state index contributed by atoms with van der Waals surface area (Å²) >= 11 is 5.82. The van der Waals surface area contributed by atoms with Gasteiger partial charge in [0.2, 0.25) is 5.91 Å². The van der Waals surface area contributed by atoms with Crippen molar-refractivity contribution in [2.45, 2.75) is 6.92 Å². The van der Waals surface area contributed by atoms with Gasteiger partial charge in [-0.15, -0.1) is 0 Å². The van der Waals surface area contributed by atoms with Crippen molar-refractivity contribution in [3.8, 4) is 11.3 Å². The molecule has 3 rings (SSSR count). The molecular weight excluding hydrogens is 412 g/mol. The number of amides is 2. The molecule has 0 atom stereocenters. The zero-order valence-corrected chi connectivity index (χ0v) is 16.3. The van der Waals surface area contributed by atoms with Crippen LogP contribution in [0.4, 0.5) is 11.4 Å². The van der Waals surface area contributed by atoms with E-state index < -0.39 is 10.8 Å². The molecule has 1 heterocycles. The van der Waals surface area contributed by atoms with Crippen molar-refractivity contribution in [3.63, 3.8) is 0 Å². The van der Waals surface area contributed by atoms with Crippen LogP contribution in [0.5, 0.6) is 0 Å². The lowest BCUT2D eigenvalue weighted by atomic mass is 10.1. The fourth-order valence-corrected chi connectivity index (χ4v) is 2.76. The van der Waals surface area contributed by atoms with Crippen LogP contribution in [0, 0.1) is 10.1 Å². The minimum Gasteiger partial charge on any atom is -0.455 e. The molecule has 30 heavy (non-hydrogen) atoms. The number of anilines is 1. The Morgan fingerprint density at radius 3 is 2.70 bits per heavy atom. The molecule has 0 unspecified atom stereocenters. The van der Waals surface area contributed by atoms with E-state index in [1.165, 1.54) is 37.4 Å². The number of nitrogens with one attached hydrogen (secondary N) is 2. The summed E-state index contributed by atoms with van der Waals surface area (Å²) < 4.78 is 5.56. The predicted octanol–water partition coefficient (Wildman–Crippen LogP) is 4.23. The van der Waals surface area contributed by atoms with Crippen LogP contribution in [0.15, 0.2) is 64.1 Å². The Morgan fingerprint density at radius 2 is 1.97 bits per heavy atom. The van der Waals surface area contributed by atoms with E-state index in [9.17, 15) is 19.7 Å². The highest BCUT2D eigenvalue weighted by Gasteiger charge is 2.18. The lowest BCUT2D eigenvalue weighted by Crippen LogP contribution is -2.18. The fraction of sp³-hybridized carbons (Fsp3) is 0.0500. The number of carbonyl (C=O) groups is 2. The molecule has 9 nitrogen and oxygen atoms in total. The summed E-state index contributed by atoms with van der Waals surface area (Å²) in [6, 6.07) is 13.7. The normalized spacial score (nSPS) is 10.7. The van der Waals surface area contributed by atoms with E-state index in [4.69, 9.17) is 16.0 Å². The summed E-state index contributed by atoms with van der Waals surface area (Å²) in [6.07, 6.45) is 1.26. The number of nitro groups is 1. The third-order valence-electron chi connectivity index (χ3n) is 3.85. The van der Waals surface area contributed by atoms with Crippen molar-refractivity contribution in [2.75, 3.05) is 5.32 Å². The number of benzene rings is 2. The maximum Gasteiger partial charge on any atom is 0.281 e. The molecule has 0 fully saturated rings. The van der Waals surface area contributed by atoms with Crippen molar-refractivity contribution >= 4 is 41.0 Å². The largest absolute Gasteiger partial charge is 0.455 e. The third-order valence-corrected chi connectivity index (χ3v) is 4.09. The van der Waals surface area contributed by atoms with Crippen LogP contribution < -0.4 is 10.7 Å². The molecule has 0 spiro atoms. The fourth-order valence-electron chi connectivity index (χ4n) is 2.59. The first-order chi connectivity index (χ1) is 14.3. The first kappa shape index (κ1) is 20.7. The SMILES string of the molecule is CC(=O)Nc1cccc(C(=O)NN=Cc2ccc(-c3ccc(Cl)cc3[N+](=O)[O-])o2)c1. The number of furan rings is 1. The number of halogens is 1. The number of hydrogen-bond donors (Lipinski definition) is 2. The molecule has 0 radical (unpaired) electrons. The number of rotatable bonds is 6. The minimum atomic E-state index is -0.549. The lowest BCUT2D eigenvalue weighted by Gasteiger charge is -2.04. The van der Waals surface area contributed by atoms with Crippen LogP contribution in [-0.2, 0) is 4.79 Å². The second kappa shape index (κ2) is 9.01. The van der Waals surface area contributed by atoms with Crippen molar-refractivity contribution < 1.29 is 18.9 Å². The van der Waals surface area contributed by atoms with E-state index in [-0.39, 0.29) is 33.7 Å². The summed E-state index contributed by atoms with van der Waals surface area (Å²) in [4.78, 5) is 34.0. The third kappa shape index (κ3) is 5.09. The quantitative estimate of drug-likeness (QED) is 0.346. The smallest absolute Gasteiger partial charge is 0.281 e. The number of nitrogens with zero attached hydrogens (tertiary/aromatic N) is 2. The number of hydrazone groups is 1. The van der Waals surface area contributed by atoms with Gasteiger partial charge in [-0.25, -0.2) is 5.43 Å². The average Bonchev–Trinajstić information content (AvgIpc) is 3.16. The zero-order valence-electron chi connectivity index (χ0n) is 15.6. The summed E-state index contributed by atoms with van der Waals surface area (Å²) in [6.45, 7) is 1.37. The Bertz CT molecular complexity index is 1160. The first-order valence-corrected chi connectivity index (χ1v) is 8.96. The molecule has 0 saturated carbocycles. The predicted molar refractivity (Wildman–Crippen MR) is 112 cm³/mol. The van der Waals surface area contributed by atoms with Gasteiger partial charge in [-0.05, 0) is 42.5 Å². The van der Waals surface area contributed by atoms with E-state index in [0.29, 0.717) is 11.3 Å². The number of carbonyl (C=O) groups excluding carboxylic acids is 2. The van der Waals surface area contributed by atoms with Crippen LogP contribution in [0.2, 0.25) is 5.02 Å². The zero-order chi connectivity index (χ0) is 21.7. The molecule has 0 bridgehead atoms. The summed E-state index contributed by atoms with van der Waals surface area (Å²) in [7, 11) is 0. The summed E-state index contributed by atoms with van der Waals surface area (Å²) in [5.41, 5.74) is 3.21. The summed E-state index contributed by atoms with van der Waals surface area (Å²) in [5.74, 6) is -0.200. The van der Waals surface area contributed by atoms with Gasteiger partial charge in [0.15, 0.2) is 0 Å². The van der Waals surface area contributed by atoms with Crippen molar-refractivity contribution in [1.29, 1.82) is 0 Å². The van der Waals surface area contributed by atoms with E-state index in [2.05, 4.69) is 15.8 Å². The molecular formula is C20H15ClN4O5. The molecule has 0 aliphatic rings. The van der Waals surface area contributed by atoms with Gasteiger partial charge in [-0.1, -0.05) is 17.7 Å². The number of nitro benzene ring substituents is 1. The van der Waals surface area contributed by atoms with E-state index in [1.54, 1.807) is 30.3 Å². The molecule has 10 heteroatoms. The Labute approximate surface area is 175 Å². The molecule has 152 valence electrons. The molecule has 1 aromatic heterocycles. The molecule has 2 amide bonds. The second-order valence-electron chi connectivity index (χ2n) is 6.08. The maximum atomic E-state index is 12.2. The Hall–Kier alpha value is -3.98. The van der Waals surface area contributed by atoms with Crippen LogP contribution in [0.3, 0.4) is 0 Å². The van der Waals surface area contributed by atoms with Gasteiger partial charge in [0.1, 0.15) is 11.5 Å². The van der Waals surface area contributed by atoms with Gasteiger partial charge in [0.05, 0.1) is 16.7 Å². The Kier molecular flexibility index (Phi) is 6.23. The van der Waals surface area contributed by atoms with Crippen LogP contribution in [-0.4, -0.2) is 23.0 Å². The average molecular weight is 427 g/mol. The van der Waals surface area contributed by atoms with Crippen molar-refractivity contribution in [2.24, 2.45) is 5.10 Å². The lowest BCUT2D eigenvalue weighted by molar-refractivity contribution is -0.384. The second-order valence-corrected chi connectivity index (χ2v) is 6.52. The topological polar surface area (TPSA) is 127 Å². The van der Waals surface area contributed by atoms with E-state index in [0.717, 1.165) is 0 Å². The van der Waals surface area contributed by atoms with Crippen LogP contribution in [0.1, 0.15) is 23.0 Å². The Balaban J connectivity index is 1.70. The van der Waals surface area contributed by atoms with Gasteiger partial charge in [-0.3, -0.25) is 19.7 Å². The Morgan fingerprint density at radius 1 is 1.17 bits per heavy atom. The maximum absolute atomic E-state index is 12.2. The summed E-state index contributed by atoms with van der Waals surface area (Å²) in [5, 5.41) is 17.9. The molecule has 2 N–H and O–H groups in total. The van der Waals surface area contributed by atoms with Gasteiger partial charge in [-0.2, -0.15) is 5.10 Å². The van der Waals surface area contributed by atoms with Crippen LogP contribution in [0.25, 0.3) is 11.3 Å². The standard InChI is InChI=1S/C20H15ClN4O5/c1-12(26)23-15-4-2-3-13(9-15)20(27)24-22-11-16-6-8-19(30-16)17-7-5-14(21)10-18(17)25(28)29/h2-11H,1H3,(H,23,26)(H,24,27). The molecule has 3 aromatic rings. The minimum absolute atomic E-state index is 0.187. The molecule has 0 saturated heterocycles. The van der Waals surface area contributed by atoms with Gasteiger partial charge in [0, 0.05) is 29.3 Å². The van der Waals surface area contributed by atoms with Gasteiger partial charge < -0.3 is 9.73 Å². The van der Waals surface area contributed by atoms with Crippen molar-refractivity contribution in [1.82, 2.24) is 5.43 Å². The van der Waals surface area contributed by atoms with Gasteiger partial charge >= 0.3 is 0 Å². The monoisotopic (exact) mass is 426 g/mol. The van der Waals surface area contributed by atoms with Crippen LogP contribution >= 0.6 is 11.6 Å². The first-order valence-electron chi connectivity index (χ1n) is 8.58. The number of hydrogen-bond acceptors (Lipinski definition) is 6. The molecule has 2 aromatic carbocycles. The van der Waals surface area contributed by atoms with Crippen molar-refractivity contribution in [3.05, 3.63) is 81.1 Å².